The summed E-state index contributed by atoms with van der Waals surface area (Å²) in [5, 5.41) is 11.6. The van der Waals surface area contributed by atoms with Crippen LogP contribution in [0.5, 0.6) is 0 Å². The minimum atomic E-state index is -0.497. The zero-order valence-corrected chi connectivity index (χ0v) is 17.3. The van der Waals surface area contributed by atoms with Crippen molar-refractivity contribution < 1.29 is 9.18 Å². The summed E-state index contributed by atoms with van der Waals surface area (Å²) in [7, 11) is 0. The van der Waals surface area contributed by atoms with Crippen LogP contribution in [0.2, 0.25) is 0 Å². The van der Waals surface area contributed by atoms with Crippen LogP contribution in [0.4, 0.5) is 10.1 Å². The summed E-state index contributed by atoms with van der Waals surface area (Å²) in [4.78, 5) is 13.2. The highest BCUT2D eigenvalue weighted by atomic mass is 32.2. The van der Waals surface area contributed by atoms with E-state index in [0.29, 0.717) is 11.6 Å². The van der Waals surface area contributed by atoms with E-state index < -0.39 is 5.25 Å². The zero-order valence-electron chi connectivity index (χ0n) is 16.4. The topological polar surface area (TPSA) is 71.8 Å². The smallest absolute Gasteiger partial charge is 0.240 e. The first-order chi connectivity index (χ1) is 14.0. The average Bonchev–Trinajstić information content (AvgIpc) is 3.12. The van der Waals surface area contributed by atoms with Crippen LogP contribution in [-0.4, -0.2) is 26.0 Å². The highest BCUT2D eigenvalue weighted by Gasteiger charge is 2.37. The molecule has 1 amide bonds. The molecule has 0 saturated heterocycles. The van der Waals surface area contributed by atoms with Gasteiger partial charge in [-0.2, -0.15) is 0 Å². The number of hydrogen-bond acceptors (Lipinski definition) is 5. The van der Waals surface area contributed by atoms with Crippen molar-refractivity contribution in [3.63, 3.8) is 0 Å². The maximum absolute atomic E-state index is 13.4. The summed E-state index contributed by atoms with van der Waals surface area (Å²) in [6, 6.07) is 11.7. The van der Waals surface area contributed by atoms with Crippen molar-refractivity contribution in [3.8, 4) is 0 Å². The molecule has 8 heteroatoms. The van der Waals surface area contributed by atoms with E-state index in [1.807, 2.05) is 43.6 Å². The Morgan fingerprint density at radius 1 is 1.17 bits per heavy atom. The maximum Gasteiger partial charge on any atom is 0.240 e. The molecule has 2 heterocycles. The highest BCUT2D eigenvalue weighted by molar-refractivity contribution is 8.00. The molecular weight excluding hydrogens is 389 g/mol. The van der Waals surface area contributed by atoms with Crippen molar-refractivity contribution in [1.29, 1.82) is 0 Å². The number of nitrogens with zero attached hydrogens (tertiary/aromatic N) is 3. The quantitative estimate of drug-likeness (QED) is 0.679. The number of aromatic nitrogens is 3. The fourth-order valence-electron chi connectivity index (χ4n) is 3.28. The molecule has 0 radical (unpaired) electrons. The standard InChI is InChI=1S/C21H22FN5OS/c1-4-17-24-25-21-27(17)26-18(14-6-8-15(22)9-7-14)19(29-21)20(28)23-16-10-5-12(2)13(3)11-16/h5-11,18-19,26H,4H2,1-3H3,(H,23,28)/t18-,19-/m1/s1. The molecule has 3 aromatic rings. The van der Waals surface area contributed by atoms with Gasteiger partial charge in [0.1, 0.15) is 11.1 Å². The summed E-state index contributed by atoms with van der Waals surface area (Å²) >= 11 is 1.36. The first-order valence-corrected chi connectivity index (χ1v) is 10.4. The van der Waals surface area contributed by atoms with Gasteiger partial charge in [0.05, 0.1) is 6.04 Å². The van der Waals surface area contributed by atoms with Crippen molar-refractivity contribution in [2.24, 2.45) is 0 Å². The Bertz CT molecular complexity index is 1050. The molecule has 1 aliphatic heterocycles. The zero-order chi connectivity index (χ0) is 20.5. The number of halogens is 1. The molecule has 0 bridgehead atoms. The van der Waals surface area contributed by atoms with Crippen molar-refractivity contribution in [2.75, 3.05) is 10.7 Å². The number of aryl methyl sites for hydroxylation is 3. The normalized spacial score (nSPS) is 18.1. The van der Waals surface area contributed by atoms with Crippen LogP contribution < -0.4 is 10.7 Å². The molecule has 4 rings (SSSR count). The van der Waals surface area contributed by atoms with Gasteiger partial charge in [-0.3, -0.25) is 4.79 Å². The number of rotatable bonds is 4. The number of nitrogens with one attached hydrogen (secondary N) is 2. The van der Waals surface area contributed by atoms with Gasteiger partial charge in [-0.25, -0.2) is 9.07 Å². The van der Waals surface area contributed by atoms with Gasteiger partial charge in [0, 0.05) is 12.1 Å². The highest BCUT2D eigenvalue weighted by Crippen LogP contribution is 2.37. The van der Waals surface area contributed by atoms with Crippen LogP contribution in [-0.2, 0) is 11.2 Å². The van der Waals surface area contributed by atoms with Gasteiger partial charge in [0.15, 0.2) is 5.82 Å². The summed E-state index contributed by atoms with van der Waals surface area (Å²) in [6.07, 6.45) is 0.705. The maximum atomic E-state index is 13.4. The van der Waals surface area contributed by atoms with Crippen molar-refractivity contribution in [1.82, 2.24) is 14.9 Å². The fourth-order valence-corrected chi connectivity index (χ4v) is 4.38. The summed E-state index contributed by atoms with van der Waals surface area (Å²) in [6.45, 7) is 6.04. The molecule has 29 heavy (non-hydrogen) atoms. The molecule has 0 aliphatic carbocycles. The summed E-state index contributed by atoms with van der Waals surface area (Å²) in [5.74, 6) is 0.326. The third-order valence-corrected chi connectivity index (χ3v) is 6.30. The van der Waals surface area contributed by atoms with Gasteiger partial charge in [-0.05, 0) is 54.8 Å². The Morgan fingerprint density at radius 2 is 1.93 bits per heavy atom. The fraction of sp³-hybridized carbons (Fsp3) is 0.286. The first-order valence-electron chi connectivity index (χ1n) is 9.47. The Balaban J connectivity index is 1.66. The largest absolute Gasteiger partial charge is 0.325 e. The average molecular weight is 412 g/mol. The Labute approximate surface area is 172 Å². The molecule has 2 N–H and O–H groups in total. The molecule has 150 valence electrons. The predicted octanol–water partition coefficient (Wildman–Crippen LogP) is 3.99. The third kappa shape index (κ3) is 3.85. The van der Waals surface area contributed by atoms with E-state index >= 15 is 0 Å². The van der Waals surface area contributed by atoms with Gasteiger partial charge in [-0.1, -0.05) is 36.9 Å². The lowest BCUT2D eigenvalue weighted by Gasteiger charge is -2.33. The molecule has 0 saturated carbocycles. The van der Waals surface area contributed by atoms with Gasteiger partial charge in [-0.15, -0.1) is 10.2 Å². The van der Waals surface area contributed by atoms with Crippen LogP contribution in [0.25, 0.3) is 0 Å². The van der Waals surface area contributed by atoms with Crippen LogP contribution >= 0.6 is 11.8 Å². The lowest BCUT2D eigenvalue weighted by Crippen LogP contribution is -2.41. The van der Waals surface area contributed by atoms with E-state index in [4.69, 9.17) is 0 Å². The lowest BCUT2D eigenvalue weighted by molar-refractivity contribution is -0.116. The Morgan fingerprint density at radius 3 is 2.62 bits per heavy atom. The van der Waals surface area contributed by atoms with E-state index in [1.54, 1.807) is 12.1 Å². The van der Waals surface area contributed by atoms with Crippen LogP contribution in [0.1, 0.15) is 35.5 Å². The van der Waals surface area contributed by atoms with Gasteiger partial charge < -0.3 is 10.7 Å². The van der Waals surface area contributed by atoms with Gasteiger partial charge >= 0.3 is 0 Å². The number of carbonyl (C=O) groups excluding carboxylic acids is 1. The second-order valence-corrected chi connectivity index (χ2v) is 8.18. The van der Waals surface area contributed by atoms with Crippen LogP contribution in [0, 0.1) is 19.7 Å². The van der Waals surface area contributed by atoms with Crippen molar-refractivity contribution in [2.45, 2.75) is 43.6 Å². The summed E-state index contributed by atoms with van der Waals surface area (Å²) < 4.78 is 15.3. The molecule has 0 unspecified atom stereocenters. The van der Waals surface area contributed by atoms with Gasteiger partial charge in [0.2, 0.25) is 11.1 Å². The number of fused-ring (bicyclic) bond motifs is 1. The number of benzene rings is 2. The van der Waals surface area contributed by atoms with Crippen LogP contribution in [0.15, 0.2) is 47.6 Å². The SMILES string of the molecule is CCc1nnc2n1N[C@H](c1ccc(F)cc1)[C@H](C(=O)Nc1ccc(C)c(C)c1)S2. The van der Waals surface area contributed by atoms with E-state index in [1.165, 1.54) is 29.5 Å². The molecule has 6 nitrogen and oxygen atoms in total. The first kappa shape index (κ1) is 19.4. The van der Waals surface area contributed by atoms with Crippen molar-refractivity contribution >= 4 is 23.4 Å². The van der Waals surface area contributed by atoms with E-state index in [2.05, 4.69) is 20.9 Å². The number of thioether (sulfide) groups is 1. The monoisotopic (exact) mass is 411 g/mol. The Hall–Kier alpha value is -2.87. The molecular formula is C21H22FN5OS. The van der Waals surface area contributed by atoms with Gasteiger partial charge in [0.25, 0.3) is 0 Å². The number of carbonyl (C=O) groups is 1. The molecule has 2 atom stereocenters. The minimum absolute atomic E-state index is 0.146. The van der Waals surface area contributed by atoms with Crippen molar-refractivity contribution in [3.05, 3.63) is 70.8 Å². The molecule has 0 spiro atoms. The van der Waals surface area contributed by atoms with E-state index in [9.17, 15) is 9.18 Å². The molecule has 2 aromatic carbocycles. The minimum Gasteiger partial charge on any atom is -0.325 e. The number of hydrogen-bond donors (Lipinski definition) is 2. The Kier molecular flexibility index (Phi) is 5.27. The number of anilines is 1. The van der Waals surface area contributed by atoms with E-state index in [0.717, 1.165) is 22.6 Å². The number of amides is 1. The molecule has 0 fully saturated rings. The molecule has 1 aliphatic rings. The summed E-state index contributed by atoms with van der Waals surface area (Å²) in [5.41, 5.74) is 7.20. The third-order valence-electron chi connectivity index (χ3n) is 5.08. The van der Waals surface area contributed by atoms with E-state index in [-0.39, 0.29) is 17.8 Å². The lowest BCUT2D eigenvalue weighted by atomic mass is 10.0. The second kappa shape index (κ2) is 7.87. The second-order valence-electron chi connectivity index (χ2n) is 7.07. The predicted molar refractivity (Wildman–Crippen MR) is 112 cm³/mol. The molecule has 1 aromatic heterocycles. The van der Waals surface area contributed by atoms with Crippen LogP contribution in [0.3, 0.4) is 0 Å².